The number of nitrogens with zero attached hydrogens (tertiary/aromatic N) is 2. The normalized spacial score (nSPS) is 12.0. The molecule has 0 radical (unpaired) electrons. The van der Waals surface area contributed by atoms with Crippen LogP contribution in [0.15, 0.2) is 255 Å². The lowest BCUT2D eigenvalue weighted by atomic mass is 9.87. The zero-order chi connectivity index (χ0) is 45.9. The fourth-order valence-corrected chi connectivity index (χ4v) is 11.8. The van der Waals surface area contributed by atoms with Gasteiger partial charge in [-0.05, 0) is 164 Å². The molecule has 0 saturated carbocycles. The number of benzene rings is 13. The zero-order valence-electron chi connectivity index (χ0n) is 38.1. The lowest BCUT2D eigenvalue weighted by Gasteiger charge is -2.27. The molecule has 14 aromatic carbocycles. The van der Waals surface area contributed by atoms with Crippen molar-refractivity contribution in [2.24, 2.45) is 0 Å². The minimum atomic E-state index is 1.09. The average molecular weight is 887 g/mol. The number of anilines is 3. The minimum Gasteiger partial charge on any atom is -0.310 e. The van der Waals surface area contributed by atoms with Crippen LogP contribution in [0.3, 0.4) is 0 Å². The summed E-state index contributed by atoms with van der Waals surface area (Å²) < 4.78 is 2.40. The molecule has 15 aromatic rings. The molecular weight excluding hydrogens is 845 g/mol. The lowest BCUT2D eigenvalue weighted by Crippen LogP contribution is -2.10. The van der Waals surface area contributed by atoms with Gasteiger partial charge >= 0.3 is 0 Å². The Kier molecular flexibility index (Phi) is 8.39. The van der Waals surface area contributed by atoms with Crippen LogP contribution in [-0.2, 0) is 0 Å². The van der Waals surface area contributed by atoms with Gasteiger partial charge < -0.3 is 9.47 Å². The molecule has 0 fully saturated rings. The molecule has 324 valence electrons. The number of hydrogen-bond donors (Lipinski definition) is 0. The van der Waals surface area contributed by atoms with Crippen LogP contribution in [0, 0.1) is 0 Å². The SMILES string of the molecule is c1ccc(-n2c3ccccc3c3ccc(-c4ccc(N(c5ccc(-c6ccc7ccccc7c6)cc5)c5cc6ccc7cccc8c9cccc%10ccc%11cccc(c(c5)c6c78)c%11c%109)cc4)cc32)cc1. The Balaban J connectivity index is 0.949. The average Bonchev–Trinajstić information content (AvgIpc) is 3.76. The van der Waals surface area contributed by atoms with Gasteiger partial charge in [0.2, 0.25) is 0 Å². The molecule has 0 aliphatic carbocycles. The molecule has 2 nitrogen and oxygen atoms in total. The van der Waals surface area contributed by atoms with E-state index in [1.165, 1.54) is 119 Å². The number of fused-ring (bicyclic) bond motifs is 6. The van der Waals surface area contributed by atoms with Crippen molar-refractivity contribution in [2.45, 2.75) is 0 Å². The van der Waals surface area contributed by atoms with Crippen molar-refractivity contribution in [1.82, 2.24) is 4.57 Å². The highest BCUT2D eigenvalue weighted by Gasteiger charge is 2.20. The summed E-state index contributed by atoms with van der Waals surface area (Å²) in [5.41, 5.74) is 11.6. The molecule has 0 N–H and O–H groups in total. The summed E-state index contributed by atoms with van der Waals surface area (Å²) in [6.45, 7) is 0. The first-order valence-corrected chi connectivity index (χ1v) is 24.2. The van der Waals surface area contributed by atoms with E-state index in [0.29, 0.717) is 0 Å². The smallest absolute Gasteiger partial charge is 0.0547 e. The highest BCUT2D eigenvalue weighted by atomic mass is 15.1. The topological polar surface area (TPSA) is 8.17 Å². The monoisotopic (exact) mass is 886 g/mol. The fraction of sp³-hybridized carbons (Fsp3) is 0. The van der Waals surface area contributed by atoms with E-state index >= 15 is 0 Å². The Labute approximate surface area is 404 Å². The van der Waals surface area contributed by atoms with Gasteiger partial charge in [-0.15, -0.1) is 0 Å². The van der Waals surface area contributed by atoms with E-state index in [9.17, 15) is 0 Å². The molecule has 0 aliphatic heterocycles. The standard InChI is InChI=1S/C68H42N2/c1-2-16-53(17-3-1)70-63-22-7-6-18-57(63)58-38-33-51(41-64(58)70)45-31-36-55(37-32-45)69(54-34-29-44(30-35-54)50-27-23-43-11-4-5-12-49(43)39-50)56-40-52-28-26-48-14-9-20-60-59-19-8-13-46-24-25-47-15-10-21-61(67(47)65(46)59)62(42-56)68(52)66(48)60/h1-42H. The molecule has 1 heterocycles. The molecule has 0 aliphatic rings. The molecule has 70 heavy (non-hydrogen) atoms. The van der Waals surface area contributed by atoms with Gasteiger partial charge in [-0.2, -0.15) is 0 Å². The van der Waals surface area contributed by atoms with Gasteiger partial charge in [-0.3, -0.25) is 0 Å². The summed E-state index contributed by atoms with van der Waals surface area (Å²) in [5, 5.41) is 20.3. The molecule has 0 bridgehead atoms. The van der Waals surface area contributed by atoms with Crippen molar-refractivity contribution in [3.63, 3.8) is 0 Å². The Morgan fingerprint density at radius 1 is 0.229 bits per heavy atom. The highest BCUT2D eigenvalue weighted by Crippen LogP contribution is 2.47. The summed E-state index contributed by atoms with van der Waals surface area (Å²) in [4.78, 5) is 2.45. The van der Waals surface area contributed by atoms with Crippen molar-refractivity contribution >= 4 is 114 Å². The summed E-state index contributed by atoms with van der Waals surface area (Å²) >= 11 is 0. The van der Waals surface area contributed by atoms with Crippen molar-refractivity contribution in [1.29, 1.82) is 0 Å². The van der Waals surface area contributed by atoms with Crippen LogP contribution in [0.1, 0.15) is 0 Å². The van der Waals surface area contributed by atoms with Gasteiger partial charge in [-0.1, -0.05) is 188 Å². The van der Waals surface area contributed by atoms with E-state index in [4.69, 9.17) is 0 Å². The van der Waals surface area contributed by atoms with E-state index in [-0.39, 0.29) is 0 Å². The first-order chi connectivity index (χ1) is 34.7. The predicted molar refractivity (Wildman–Crippen MR) is 300 cm³/mol. The second-order valence-corrected chi connectivity index (χ2v) is 18.8. The minimum absolute atomic E-state index is 1.09. The van der Waals surface area contributed by atoms with Gasteiger partial charge in [0, 0.05) is 33.5 Å². The molecule has 0 saturated heterocycles. The van der Waals surface area contributed by atoms with Gasteiger partial charge in [-0.25, -0.2) is 0 Å². The van der Waals surface area contributed by atoms with E-state index in [2.05, 4.69) is 264 Å². The maximum absolute atomic E-state index is 2.46. The zero-order valence-corrected chi connectivity index (χ0v) is 38.1. The van der Waals surface area contributed by atoms with Crippen LogP contribution in [0.25, 0.3) is 125 Å². The number of hydrogen-bond acceptors (Lipinski definition) is 1. The third-order valence-corrected chi connectivity index (χ3v) is 15.0. The van der Waals surface area contributed by atoms with Crippen LogP contribution in [0.4, 0.5) is 17.1 Å². The molecule has 1 aromatic heterocycles. The van der Waals surface area contributed by atoms with Crippen molar-refractivity contribution in [3.05, 3.63) is 255 Å². The van der Waals surface area contributed by atoms with Gasteiger partial charge in [0.15, 0.2) is 0 Å². The molecule has 15 rings (SSSR count). The van der Waals surface area contributed by atoms with E-state index in [1.807, 2.05) is 0 Å². The van der Waals surface area contributed by atoms with E-state index < -0.39 is 0 Å². The number of aromatic nitrogens is 1. The van der Waals surface area contributed by atoms with Gasteiger partial charge in [0.25, 0.3) is 0 Å². The quantitative estimate of drug-likeness (QED) is 0.151. The Morgan fingerprint density at radius 2 is 0.686 bits per heavy atom. The molecule has 0 amide bonds. The van der Waals surface area contributed by atoms with Crippen LogP contribution < -0.4 is 4.90 Å². The van der Waals surface area contributed by atoms with Crippen LogP contribution >= 0.6 is 0 Å². The molecule has 0 atom stereocenters. The summed E-state index contributed by atoms with van der Waals surface area (Å²) in [6, 6.07) is 94.6. The van der Waals surface area contributed by atoms with E-state index in [0.717, 1.165) is 22.7 Å². The maximum atomic E-state index is 2.46. The molecular formula is C68H42N2. The second-order valence-electron chi connectivity index (χ2n) is 18.8. The fourth-order valence-electron chi connectivity index (χ4n) is 11.8. The highest BCUT2D eigenvalue weighted by molar-refractivity contribution is 6.37. The summed E-state index contributed by atoms with van der Waals surface area (Å²) in [7, 11) is 0. The Hall–Kier alpha value is -9.24. The van der Waals surface area contributed by atoms with Crippen LogP contribution in [0.5, 0.6) is 0 Å². The number of para-hydroxylation sites is 2. The Bertz CT molecular complexity index is 4560. The van der Waals surface area contributed by atoms with Crippen LogP contribution in [0.2, 0.25) is 0 Å². The van der Waals surface area contributed by atoms with Crippen molar-refractivity contribution < 1.29 is 0 Å². The third-order valence-electron chi connectivity index (χ3n) is 15.0. The second kappa shape index (κ2) is 15.1. The summed E-state index contributed by atoms with van der Waals surface area (Å²) in [6.07, 6.45) is 0. The molecule has 0 unspecified atom stereocenters. The van der Waals surface area contributed by atoms with Gasteiger partial charge in [0.05, 0.1) is 11.0 Å². The maximum Gasteiger partial charge on any atom is 0.0547 e. The van der Waals surface area contributed by atoms with Crippen molar-refractivity contribution in [3.8, 4) is 27.9 Å². The lowest BCUT2D eigenvalue weighted by molar-refractivity contribution is 1.18. The predicted octanol–water partition coefficient (Wildman–Crippen LogP) is 19.1. The largest absolute Gasteiger partial charge is 0.310 e. The summed E-state index contributed by atoms with van der Waals surface area (Å²) in [5.74, 6) is 0. The van der Waals surface area contributed by atoms with E-state index in [1.54, 1.807) is 0 Å². The molecule has 2 heteroatoms. The Morgan fingerprint density at radius 3 is 1.34 bits per heavy atom. The third kappa shape index (κ3) is 5.87. The van der Waals surface area contributed by atoms with Gasteiger partial charge in [0.1, 0.15) is 0 Å². The first kappa shape index (κ1) is 38.8. The van der Waals surface area contributed by atoms with Crippen molar-refractivity contribution in [2.75, 3.05) is 4.90 Å². The molecule has 0 spiro atoms. The number of rotatable bonds is 6. The van der Waals surface area contributed by atoms with Crippen LogP contribution in [-0.4, -0.2) is 4.57 Å². The first-order valence-electron chi connectivity index (χ1n) is 24.2.